The third-order valence-corrected chi connectivity index (χ3v) is 2.82. The molecule has 1 rings (SSSR count). The average molecular weight is 259 g/mol. The van der Waals surface area contributed by atoms with Crippen molar-refractivity contribution in [3.8, 4) is 0 Å². The number of benzene rings is 1. The van der Waals surface area contributed by atoms with Gasteiger partial charge in [0, 0.05) is 0 Å². The molecule has 0 saturated carbocycles. The lowest BCUT2D eigenvalue weighted by molar-refractivity contribution is 0.167. The molecule has 1 N–H and O–H groups in total. The molecule has 1 nitrogen and oxygen atoms in total. The monoisotopic (exact) mass is 258 g/mol. The van der Waals surface area contributed by atoms with Gasteiger partial charge < -0.3 is 5.11 Å². The molecule has 1 unspecified atom stereocenters. The predicted octanol–water partition coefficient (Wildman–Crippen LogP) is 3.59. The van der Waals surface area contributed by atoms with Gasteiger partial charge in [0.2, 0.25) is 0 Å². The van der Waals surface area contributed by atoms with E-state index in [9.17, 15) is 9.50 Å². The minimum Gasteiger partial charge on any atom is -0.388 e. The molecule has 0 aliphatic rings. The van der Waals surface area contributed by atoms with Crippen molar-refractivity contribution in [1.82, 2.24) is 0 Å². The first-order chi connectivity index (χ1) is 6.66. The van der Waals surface area contributed by atoms with E-state index in [0.717, 1.165) is 0 Å². The molecule has 0 heterocycles. The number of rotatable bonds is 4. The van der Waals surface area contributed by atoms with Crippen LogP contribution in [0.25, 0.3) is 0 Å². The van der Waals surface area contributed by atoms with E-state index >= 15 is 0 Å². The fourth-order valence-corrected chi connectivity index (χ4v) is 1.74. The molecule has 0 fully saturated rings. The normalized spacial score (nSPS) is 12.5. The van der Waals surface area contributed by atoms with Crippen molar-refractivity contribution in [3.05, 3.63) is 46.7 Å². The van der Waals surface area contributed by atoms with E-state index < -0.39 is 6.10 Å². The Morgan fingerprint density at radius 1 is 1.57 bits per heavy atom. The predicted molar refractivity (Wildman–Crippen MR) is 58.5 cm³/mol. The van der Waals surface area contributed by atoms with Crippen LogP contribution in [0.4, 0.5) is 4.39 Å². The summed E-state index contributed by atoms with van der Waals surface area (Å²) in [5.74, 6) is -0.347. The summed E-state index contributed by atoms with van der Waals surface area (Å²) in [7, 11) is 0. The van der Waals surface area contributed by atoms with E-state index in [0.29, 0.717) is 22.9 Å². The van der Waals surface area contributed by atoms with Gasteiger partial charge in [-0.25, -0.2) is 4.39 Å². The second kappa shape index (κ2) is 5.27. The maximum Gasteiger partial charge on any atom is 0.137 e. The molecule has 3 heteroatoms. The Hall–Kier alpha value is -0.670. The molecular formula is C11H12BrFO. The molecule has 0 aliphatic carbocycles. The lowest BCUT2D eigenvalue weighted by Gasteiger charge is -2.11. The largest absolute Gasteiger partial charge is 0.388 e. The summed E-state index contributed by atoms with van der Waals surface area (Å²) >= 11 is 3.11. The van der Waals surface area contributed by atoms with Crippen LogP contribution in [-0.4, -0.2) is 5.11 Å². The highest BCUT2D eigenvalue weighted by Crippen LogP contribution is 2.28. The Labute approximate surface area is 91.4 Å². The van der Waals surface area contributed by atoms with Crippen LogP contribution in [0, 0.1) is 5.82 Å². The molecule has 0 saturated heterocycles. The first kappa shape index (κ1) is 11.4. The van der Waals surface area contributed by atoms with Gasteiger partial charge in [-0.05, 0) is 40.4 Å². The minimum absolute atomic E-state index is 0.344. The fraction of sp³-hybridized carbons (Fsp3) is 0.273. The van der Waals surface area contributed by atoms with Gasteiger partial charge in [0.05, 0.1) is 10.6 Å². The number of aliphatic hydroxyl groups is 1. The van der Waals surface area contributed by atoms with Crippen molar-refractivity contribution < 1.29 is 9.50 Å². The maximum absolute atomic E-state index is 13.1. The standard InChI is InChI=1S/C11H12BrFO/c1-2-3-7-10(14)8-5-4-6-9(13)11(8)12/h2,4-6,10,14H,1,3,7H2. The number of aliphatic hydroxyl groups excluding tert-OH is 1. The highest BCUT2D eigenvalue weighted by atomic mass is 79.9. The van der Waals surface area contributed by atoms with Gasteiger partial charge >= 0.3 is 0 Å². The number of allylic oxidation sites excluding steroid dienone is 1. The highest BCUT2D eigenvalue weighted by Gasteiger charge is 2.12. The van der Waals surface area contributed by atoms with E-state index in [4.69, 9.17) is 0 Å². The van der Waals surface area contributed by atoms with Crippen molar-refractivity contribution in [3.63, 3.8) is 0 Å². The van der Waals surface area contributed by atoms with Crippen molar-refractivity contribution in [2.75, 3.05) is 0 Å². The van der Waals surface area contributed by atoms with E-state index in [1.165, 1.54) is 6.07 Å². The lowest BCUT2D eigenvalue weighted by Crippen LogP contribution is -1.99. The number of hydrogen-bond donors (Lipinski definition) is 1. The lowest BCUT2D eigenvalue weighted by atomic mass is 10.1. The van der Waals surface area contributed by atoms with E-state index in [2.05, 4.69) is 22.5 Å². The Bertz CT molecular complexity index is 325. The molecule has 1 atom stereocenters. The van der Waals surface area contributed by atoms with Gasteiger partial charge in [-0.15, -0.1) is 6.58 Å². The molecule has 1 aromatic carbocycles. The van der Waals surface area contributed by atoms with Crippen molar-refractivity contribution in [1.29, 1.82) is 0 Å². The Kier molecular flexibility index (Phi) is 4.29. The van der Waals surface area contributed by atoms with Crippen molar-refractivity contribution >= 4 is 15.9 Å². The van der Waals surface area contributed by atoms with Gasteiger partial charge in [-0.1, -0.05) is 18.2 Å². The molecular weight excluding hydrogens is 247 g/mol. The summed E-state index contributed by atoms with van der Waals surface area (Å²) in [5, 5.41) is 9.71. The van der Waals surface area contributed by atoms with Crippen LogP contribution in [0.1, 0.15) is 24.5 Å². The first-order valence-corrected chi connectivity index (χ1v) is 5.19. The summed E-state index contributed by atoms with van der Waals surface area (Å²) in [5.41, 5.74) is 0.590. The molecule has 1 aromatic rings. The van der Waals surface area contributed by atoms with Crippen LogP contribution in [-0.2, 0) is 0 Å². The summed E-state index contributed by atoms with van der Waals surface area (Å²) in [6, 6.07) is 4.65. The van der Waals surface area contributed by atoms with E-state index in [1.54, 1.807) is 18.2 Å². The van der Waals surface area contributed by atoms with E-state index in [1.807, 2.05) is 0 Å². The molecule has 0 radical (unpaired) electrons. The summed E-state index contributed by atoms with van der Waals surface area (Å²) < 4.78 is 13.4. The topological polar surface area (TPSA) is 20.2 Å². The highest BCUT2D eigenvalue weighted by molar-refractivity contribution is 9.10. The first-order valence-electron chi connectivity index (χ1n) is 4.39. The van der Waals surface area contributed by atoms with E-state index in [-0.39, 0.29) is 5.82 Å². The van der Waals surface area contributed by atoms with Crippen LogP contribution < -0.4 is 0 Å². The summed E-state index contributed by atoms with van der Waals surface area (Å²) in [4.78, 5) is 0. The third-order valence-electron chi connectivity index (χ3n) is 1.98. The zero-order valence-corrected chi connectivity index (χ0v) is 9.30. The Balaban J connectivity index is 2.83. The minimum atomic E-state index is -0.641. The SMILES string of the molecule is C=CCCC(O)c1cccc(F)c1Br. The Morgan fingerprint density at radius 3 is 2.93 bits per heavy atom. The van der Waals surface area contributed by atoms with Crippen molar-refractivity contribution in [2.24, 2.45) is 0 Å². The molecule has 76 valence electrons. The van der Waals surface area contributed by atoms with Crippen LogP contribution in [0.3, 0.4) is 0 Å². The fourth-order valence-electron chi connectivity index (χ4n) is 1.21. The van der Waals surface area contributed by atoms with Crippen LogP contribution in [0.5, 0.6) is 0 Å². The average Bonchev–Trinajstić information content (AvgIpc) is 2.18. The maximum atomic E-state index is 13.1. The van der Waals surface area contributed by atoms with Gasteiger partial charge in [0.15, 0.2) is 0 Å². The number of halogens is 2. The van der Waals surface area contributed by atoms with Gasteiger partial charge in [-0.3, -0.25) is 0 Å². The quantitative estimate of drug-likeness (QED) is 0.819. The van der Waals surface area contributed by atoms with Gasteiger partial charge in [0.25, 0.3) is 0 Å². The van der Waals surface area contributed by atoms with Crippen LogP contribution >= 0.6 is 15.9 Å². The second-order valence-electron chi connectivity index (χ2n) is 3.02. The van der Waals surface area contributed by atoms with Gasteiger partial charge in [0.1, 0.15) is 5.82 Å². The van der Waals surface area contributed by atoms with Crippen LogP contribution in [0.2, 0.25) is 0 Å². The summed E-state index contributed by atoms with van der Waals surface area (Å²) in [6.07, 6.45) is 2.37. The summed E-state index contributed by atoms with van der Waals surface area (Å²) in [6.45, 7) is 3.57. The molecule has 0 bridgehead atoms. The Morgan fingerprint density at radius 2 is 2.29 bits per heavy atom. The molecule has 0 aliphatic heterocycles. The third kappa shape index (κ3) is 2.66. The molecule has 0 spiro atoms. The molecule has 14 heavy (non-hydrogen) atoms. The zero-order chi connectivity index (χ0) is 10.6. The van der Waals surface area contributed by atoms with Gasteiger partial charge in [-0.2, -0.15) is 0 Å². The zero-order valence-electron chi connectivity index (χ0n) is 7.71. The molecule has 0 amide bonds. The molecule has 0 aromatic heterocycles. The second-order valence-corrected chi connectivity index (χ2v) is 3.82. The van der Waals surface area contributed by atoms with Crippen LogP contribution in [0.15, 0.2) is 35.3 Å². The van der Waals surface area contributed by atoms with Crippen molar-refractivity contribution in [2.45, 2.75) is 18.9 Å². The smallest absolute Gasteiger partial charge is 0.137 e. The number of hydrogen-bond acceptors (Lipinski definition) is 1.